The van der Waals surface area contributed by atoms with Crippen molar-refractivity contribution in [3.05, 3.63) is 28.4 Å². The number of hydrogen-bond acceptors (Lipinski definition) is 6. The molecule has 2 rings (SSSR count). The highest BCUT2D eigenvalue weighted by molar-refractivity contribution is 9.10. The van der Waals surface area contributed by atoms with Crippen molar-refractivity contribution in [3.8, 4) is 5.75 Å². The van der Waals surface area contributed by atoms with Crippen molar-refractivity contribution in [2.75, 3.05) is 20.5 Å². The van der Waals surface area contributed by atoms with Crippen LogP contribution >= 0.6 is 15.9 Å². The molecule has 0 aliphatic rings. The largest absolute Gasteiger partial charge is 0.481 e. The first-order valence-electron chi connectivity index (χ1n) is 6.03. The molecule has 2 aromatic rings. The Kier molecular flexibility index (Phi) is 4.98. The fourth-order valence-corrected chi connectivity index (χ4v) is 2.02. The van der Waals surface area contributed by atoms with Gasteiger partial charge in [0.15, 0.2) is 18.3 Å². The van der Waals surface area contributed by atoms with Gasteiger partial charge in [0.1, 0.15) is 12.2 Å². The topological polar surface area (TPSA) is 75.0 Å². The Hall–Kier alpha value is -1.86. The summed E-state index contributed by atoms with van der Waals surface area (Å²) in [4.78, 5) is 23.0. The molecule has 1 aromatic heterocycles. The van der Waals surface area contributed by atoms with Crippen molar-refractivity contribution in [2.24, 2.45) is 0 Å². The van der Waals surface area contributed by atoms with Crippen molar-refractivity contribution in [2.45, 2.75) is 6.92 Å². The van der Waals surface area contributed by atoms with Crippen molar-refractivity contribution in [1.29, 1.82) is 0 Å². The van der Waals surface area contributed by atoms with Crippen molar-refractivity contribution >= 4 is 38.7 Å². The van der Waals surface area contributed by atoms with Crippen LogP contribution in [0.4, 0.5) is 0 Å². The molecule has 0 radical (unpaired) electrons. The van der Waals surface area contributed by atoms with Gasteiger partial charge in [0.2, 0.25) is 0 Å². The number of Topliss-reactive ketones (excluding diaryl/α,β-unsaturated/α-hetero) is 1. The molecule has 0 N–H and O–H groups in total. The zero-order valence-electron chi connectivity index (χ0n) is 11.5. The Morgan fingerprint density at radius 2 is 2.10 bits per heavy atom. The smallest absolute Gasteiger partial charge is 0.380 e. The van der Waals surface area contributed by atoms with Crippen LogP contribution in [-0.4, -0.2) is 32.3 Å². The van der Waals surface area contributed by atoms with E-state index in [1.165, 1.54) is 14.0 Å². The Labute approximate surface area is 129 Å². The molecule has 1 aromatic carbocycles. The lowest BCUT2D eigenvalue weighted by molar-refractivity contribution is -0.118. The summed E-state index contributed by atoms with van der Waals surface area (Å²) in [5, 5.41) is 0.587. The summed E-state index contributed by atoms with van der Waals surface area (Å²) >= 11 is 3.32. The number of ether oxygens (including phenoxy) is 3. The molecule has 0 saturated carbocycles. The van der Waals surface area contributed by atoms with Gasteiger partial charge < -0.3 is 18.6 Å². The standard InChI is InChI=1S/C14H13BrO6/c1-8(16)6-19-12-10-4-3-9(15)5-11(10)21-13(12)14(17)20-7-18-2/h3-5H,6-7H2,1-2H3. The Balaban J connectivity index is 2.43. The summed E-state index contributed by atoms with van der Waals surface area (Å²) in [6.07, 6.45) is 0. The van der Waals surface area contributed by atoms with E-state index in [4.69, 9.17) is 13.9 Å². The van der Waals surface area contributed by atoms with E-state index in [1.807, 2.05) is 0 Å². The minimum atomic E-state index is -0.720. The lowest BCUT2D eigenvalue weighted by atomic mass is 10.2. The molecule has 21 heavy (non-hydrogen) atoms. The van der Waals surface area contributed by atoms with Crippen LogP contribution in [0.5, 0.6) is 5.75 Å². The summed E-state index contributed by atoms with van der Waals surface area (Å²) in [5.74, 6) is -0.796. The van der Waals surface area contributed by atoms with Gasteiger partial charge in [-0.25, -0.2) is 4.79 Å². The van der Waals surface area contributed by atoms with Gasteiger partial charge >= 0.3 is 5.97 Å². The fraction of sp³-hybridized carbons (Fsp3) is 0.286. The highest BCUT2D eigenvalue weighted by atomic mass is 79.9. The van der Waals surface area contributed by atoms with E-state index in [9.17, 15) is 9.59 Å². The zero-order chi connectivity index (χ0) is 15.4. The normalized spacial score (nSPS) is 10.6. The van der Waals surface area contributed by atoms with Crippen LogP contribution in [0.25, 0.3) is 11.0 Å². The summed E-state index contributed by atoms with van der Waals surface area (Å²) in [6, 6.07) is 5.21. The second kappa shape index (κ2) is 6.73. The van der Waals surface area contributed by atoms with E-state index >= 15 is 0 Å². The quantitative estimate of drug-likeness (QED) is 0.585. The molecule has 0 aliphatic carbocycles. The molecule has 0 unspecified atom stereocenters. The number of methoxy groups -OCH3 is 1. The van der Waals surface area contributed by atoms with Crippen LogP contribution in [0.1, 0.15) is 17.5 Å². The maximum Gasteiger partial charge on any atom is 0.380 e. The van der Waals surface area contributed by atoms with Gasteiger partial charge in [-0.3, -0.25) is 4.79 Å². The first kappa shape index (κ1) is 15.5. The number of fused-ring (bicyclic) bond motifs is 1. The number of carbonyl (C=O) groups is 2. The van der Waals surface area contributed by atoms with Crippen molar-refractivity contribution < 1.29 is 28.2 Å². The third-order valence-electron chi connectivity index (χ3n) is 2.52. The van der Waals surface area contributed by atoms with Gasteiger partial charge in [-0.2, -0.15) is 0 Å². The van der Waals surface area contributed by atoms with Crippen LogP contribution in [0, 0.1) is 0 Å². The van der Waals surface area contributed by atoms with Gasteiger partial charge in [-0.05, 0) is 25.1 Å². The molecule has 0 amide bonds. The summed E-state index contributed by atoms with van der Waals surface area (Å²) in [5.41, 5.74) is 0.451. The summed E-state index contributed by atoms with van der Waals surface area (Å²) < 4.78 is 21.2. The number of hydrogen-bond donors (Lipinski definition) is 0. The number of rotatable bonds is 6. The van der Waals surface area contributed by atoms with Crippen LogP contribution in [0.15, 0.2) is 27.1 Å². The third kappa shape index (κ3) is 3.62. The fourth-order valence-electron chi connectivity index (χ4n) is 1.68. The minimum Gasteiger partial charge on any atom is -0.481 e. The molecule has 0 fully saturated rings. The Morgan fingerprint density at radius 1 is 1.33 bits per heavy atom. The number of halogens is 1. The molecule has 6 nitrogen and oxygen atoms in total. The number of benzene rings is 1. The summed E-state index contributed by atoms with van der Waals surface area (Å²) in [6.45, 7) is 1.03. The molecule has 112 valence electrons. The van der Waals surface area contributed by atoms with Crippen LogP contribution in [-0.2, 0) is 14.3 Å². The van der Waals surface area contributed by atoms with E-state index in [0.717, 1.165) is 4.47 Å². The van der Waals surface area contributed by atoms with E-state index < -0.39 is 5.97 Å². The monoisotopic (exact) mass is 356 g/mol. The number of ketones is 1. The van der Waals surface area contributed by atoms with E-state index in [-0.39, 0.29) is 30.7 Å². The first-order valence-corrected chi connectivity index (χ1v) is 6.82. The predicted molar refractivity (Wildman–Crippen MR) is 77.4 cm³/mol. The molecular formula is C14H13BrO6. The molecule has 0 atom stereocenters. The average Bonchev–Trinajstić information content (AvgIpc) is 2.80. The first-order chi connectivity index (χ1) is 10.0. The Morgan fingerprint density at radius 3 is 2.76 bits per heavy atom. The minimum absolute atomic E-state index is 0.0959. The summed E-state index contributed by atoms with van der Waals surface area (Å²) in [7, 11) is 1.40. The molecule has 1 heterocycles. The number of esters is 1. The van der Waals surface area contributed by atoms with Gasteiger partial charge in [0.25, 0.3) is 5.76 Å². The Bertz CT molecular complexity index is 675. The lowest BCUT2D eigenvalue weighted by Gasteiger charge is -2.05. The van der Waals surface area contributed by atoms with Crippen LogP contribution in [0.2, 0.25) is 0 Å². The van der Waals surface area contributed by atoms with Crippen LogP contribution in [0.3, 0.4) is 0 Å². The highest BCUT2D eigenvalue weighted by Gasteiger charge is 2.24. The lowest BCUT2D eigenvalue weighted by Crippen LogP contribution is -2.11. The van der Waals surface area contributed by atoms with Gasteiger partial charge in [-0.1, -0.05) is 15.9 Å². The molecule has 7 heteroatoms. The van der Waals surface area contributed by atoms with Crippen molar-refractivity contribution in [3.63, 3.8) is 0 Å². The van der Waals surface area contributed by atoms with Gasteiger partial charge in [0.05, 0.1) is 5.39 Å². The molecule has 0 spiro atoms. The zero-order valence-corrected chi connectivity index (χ0v) is 13.1. The van der Waals surface area contributed by atoms with Crippen LogP contribution < -0.4 is 4.74 Å². The van der Waals surface area contributed by atoms with E-state index in [2.05, 4.69) is 20.7 Å². The SMILES string of the molecule is COCOC(=O)c1oc2cc(Br)ccc2c1OCC(C)=O. The van der Waals surface area contributed by atoms with E-state index in [1.54, 1.807) is 18.2 Å². The number of furan rings is 1. The third-order valence-corrected chi connectivity index (χ3v) is 3.01. The van der Waals surface area contributed by atoms with Gasteiger partial charge in [-0.15, -0.1) is 0 Å². The van der Waals surface area contributed by atoms with Gasteiger partial charge in [0, 0.05) is 11.6 Å². The van der Waals surface area contributed by atoms with E-state index in [0.29, 0.717) is 11.0 Å². The second-order valence-corrected chi connectivity index (χ2v) is 5.15. The predicted octanol–water partition coefficient (Wildman–Crippen LogP) is 2.92. The molecule has 0 saturated heterocycles. The molecule has 0 aliphatic heterocycles. The maximum absolute atomic E-state index is 12.0. The molecule has 0 bridgehead atoms. The average molecular weight is 357 g/mol. The second-order valence-electron chi connectivity index (χ2n) is 4.23. The number of carbonyl (C=O) groups excluding carboxylic acids is 2. The van der Waals surface area contributed by atoms with Crippen molar-refractivity contribution in [1.82, 2.24) is 0 Å². The molecular weight excluding hydrogens is 344 g/mol. The highest BCUT2D eigenvalue weighted by Crippen LogP contribution is 2.35. The maximum atomic E-state index is 12.0.